The van der Waals surface area contributed by atoms with E-state index in [0.29, 0.717) is 0 Å². The first-order chi connectivity index (χ1) is 12.8. The van der Waals surface area contributed by atoms with Crippen LogP contribution in [0.5, 0.6) is 5.75 Å². The minimum Gasteiger partial charge on any atom is -0.497 e. The molecule has 0 aliphatic heterocycles. The van der Waals surface area contributed by atoms with E-state index in [2.05, 4.69) is 20.0 Å². The van der Waals surface area contributed by atoms with Gasteiger partial charge in [0.05, 0.1) is 29.9 Å². The van der Waals surface area contributed by atoms with Gasteiger partial charge < -0.3 is 14.5 Å². The highest BCUT2D eigenvalue weighted by molar-refractivity contribution is 5.91. The SMILES string of the molecule is COc1cccc(Nc2nc3cc(C=NN=N)ccc3n3cccc23)c1. The lowest BCUT2D eigenvalue weighted by Crippen LogP contribution is -2.00. The maximum absolute atomic E-state index is 6.78. The predicted octanol–water partition coefficient (Wildman–Crippen LogP) is 4.60. The molecule has 0 bridgehead atoms. The molecule has 7 nitrogen and oxygen atoms in total. The molecule has 0 saturated heterocycles. The summed E-state index contributed by atoms with van der Waals surface area (Å²) in [6.07, 6.45) is 3.53. The highest BCUT2D eigenvalue weighted by atomic mass is 16.5. The summed E-state index contributed by atoms with van der Waals surface area (Å²) in [7, 11) is 1.64. The standard InChI is InChI=1S/C19H16N6O/c1-26-15-5-2-4-14(11-15)22-19-18-6-3-9-25(18)17-8-7-13(12-21-24-20)10-16(17)23-19/h2-12,20H,1H3,(H,22,23). The van der Waals surface area contributed by atoms with Crippen LogP contribution in [0.15, 0.2) is 71.1 Å². The summed E-state index contributed by atoms with van der Waals surface area (Å²) in [6.45, 7) is 0. The molecule has 0 radical (unpaired) electrons. The van der Waals surface area contributed by atoms with Crippen molar-refractivity contribution in [2.75, 3.05) is 12.4 Å². The van der Waals surface area contributed by atoms with E-state index in [9.17, 15) is 0 Å². The lowest BCUT2D eigenvalue weighted by molar-refractivity contribution is 0.415. The van der Waals surface area contributed by atoms with Crippen LogP contribution >= 0.6 is 0 Å². The van der Waals surface area contributed by atoms with Crippen LogP contribution in [0.4, 0.5) is 11.5 Å². The number of hydrogen-bond donors (Lipinski definition) is 2. The van der Waals surface area contributed by atoms with Gasteiger partial charge in [0.2, 0.25) is 0 Å². The van der Waals surface area contributed by atoms with Crippen molar-refractivity contribution in [1.82, 2.24) is 9.38 Å². The van der Waals surface area contributed by atoms with Crippen LogP contribution in [0.1, 0.15) is 5.56 Å². The Hall–Kier alpha value is -3.74. The largest absolute Gasteiger partial charge is 0.497 e. The van der Waals surface area contributed by atoms with Gasteiger partial charge in [-0.3, -0.25) is 0 Å². The van der Waals surface area contributed by atoms with Crippen LogP contribution in [0, 0.1) is 5.53 Å². The number of anilines is 2. The Labute approximate surface area is 149 Å². The first kappa shape index (κ1) is 15.8. The third-order valence-electron chi connectivity index (χ3n) is 4.08. The summed E-state index contributed by atoms with van der Waals surface area (Å²) in [5.74, 6) is 1.52. The number of aromatic nitrogens is 2. The Kier molecular flexibility index (Phi) is 4.03. The average molecular weight is 344 g/mol. The molecular weight excluding hydrogens is 328 g/mol. The number of rotatable bonds is 5. The van der Waals surface area contributed by atoms with Crippen molar-refractivity contribution < 1.29 is 4.74 Å². The number of methoxy groups -OCH3 is 1. The lowest BCUT2D eigenvalue weighted by atomic mass is 10.2. The van der Waals surface area contributed by atoms with Gasteiger partial charge in [-0.05, 0) is 42.0 Å². The zero-order chi connectivity index (χ0) is 17.9. The second-order valence-corrected chi connectivity index (χ2v) is 5.67. The molecule has 4 aromatic rings. The van der Waals surface area contributed by atoms with Gasteiger partial charge in [-0.1, -0.05) is 17.4 Å². The second kappa shape index (κ2) is 6.64. The smallest absolute Gasteiger partial charge is 0.155 e. The van der Waals surface area contributed by atoms with Gasteiger partial charge in [0.1, 0.15) is 5.75 Å². The Morgan fingerprint density at radius 3 is 2.88 bits per heavy atom. The van der Waals surface area contributed by atoms with E-state index in [1.54, 1.807) is 7.11 Å². The molecule has 0 spiro atoms. The molecule has 0 saturated carbocycles. The molecule has 0 amide bonds. The summed E-state index contributed by atoms with van der Waals surface area (Å²) in [6, 6.07) is 17.5. The fourth-order valence-electron chi connectivity index (χ4n) is 2.90. The summed E-state index contributed by atoms with van der Waals surface area (Å²) in [4.78, 5) is 4.78. The molecule has 2 aromatic heterocycles. The van der Waals surface area contributed by atoms with Gasteiger partial charge in [0.15, 0.2) is 5.82 Å². The third kappa shape index (κ3) is 2.86. The van der Waals surface area contributed by atoms with Crippen LogP contribution in [0.2, 0.25) is 0 Å². The first-order valence-corrected chi connectivity index (χ1v) is 8.00. The molecule has 2 N–H and O–H groups in total. The van der Waals surface area contributed by atoms with E-state index < -0.39 is 0 Å². The van der Waals surface area contributed by atoms with Crippen LogP contribution in [-0.4, -0.2) is 22.7 Å². The third-order valence-corrected chi connectivity index (χ3v) is 4.08. The van der Waals surface area contributed by atoms with Crippen molar-refractivity contribution in [2.45, 2.75) is 0 Å². The van der Waals surface area contributed by atoms with Gasteiger partial charge >= 0.3 is 0 Å². The second-order valence-electron chi connectivity index (χ2n) is 5.67. The highest BCUT2D eigenvalue weighted by Crippen LogP contribution is 2.27. The van der Waals surface area contributed by atoms with Crippen LogP contribution < -0.4 is 10.1 Å². The Morgan fingerprint density at radius 2 is 2.04 bits per heavy atom. The number of hydrogen-bond acceptors (Lipinski definition) is 5. The summed E-state index contributed by atoms with van der Waals surface area (Å²) in [5, 5.41) is 9.99. The lowest BCUT2D eigenvalue weighted by Gasteiger charge is -2.12. The van der Waals surface area contributed by atoms with Crippen LogP contribution in [0.25, 0.3) is 16.6 Å². The molecule has 0 fully saturated rings. The van der Waals surface area contributed by atoms with Crippen molar-refractivity contribution in [3.8, 4) is 5.75 Å². The Balaban J connectivity index is 1.85. The molecule has 2 aromatic carbocycles. The minimum absolute atomic E-state index is 0.745. The molecule has 0 unspecified atom stereocenters. The Morgan fingerprint density at radius 1 is 1.12 bits per heavy atom. The van der Waals surface area contributed by atoms with Crippen molar-refractivity contribution in [3.63, 3.8) is 0 Å². The number of benzene rings is 2. The van der Waals surface area contributed by atoms with Crippen molar-refractivity contribution in [1.29, 1.82) is 5.53 Å². The van der Waals surface area contributed by atoms with E-state index in [1.807, 2.05) is 60.8 Å². The van der Waals surface area contributed by atoms with E-state index >= 15 is 0 Å². The summed E-state index contributed by atoms with van der Waals surface area (Å²) < 4.78 is 7.37. The summed E-state index contributed by atoms with van der Waals surface area (Å²) >= 11 is 0. The van der Waals surface area contributed by atoms with Gasteiger partial charge in [-0.15, -0.1) is 5.10 Å². The zero-order valence-electron chi connectivity index (χ0n) is 14.0. The van der Waals surface area contributed by atoms with Crippen LogP contribution in [-0.2, 0) is 0 Å². The molecular formula is C19H16N6O. The van der Waals surface area contributed by atoms with Crippen molar-refractivity contribution in [2.24, 2.45) is 10.3 Å². The molecule has 128 valence electrons. The number of nitrogens with one attached hydrogen (secondary N) is 2. The van der Waals surface area contributed by atoms with Crippen molar-refractivity contribution in [3.05, 3.63) is 66.4 Å². The molecule has 0 aliphatic rings. The zero-order valence-corrected chi connectivity index (χ0v) is 14.0. The Bertz CT molecular complexity index is 1130. The maximum Gasteiger partial charge on any atom is 0.155 e. The minimum atomic E-state index is 0.745. The van der Waals surface area contributed by atoms with Crippen LogP contribution in [0.3, 0.4) is 0 Å². The molecule has 4 rings (SSSR count). The first-order valence-electron chi connectivity index (χ1n) is 8.00. The van der Waals surface area contributed by atoms with E-state index in [1.165, 1.54) is 6.21 Å². The monoisotopic (exact) mass is 344 g/mol. The highest BCUT2D eigenvalue weighted by Gasteiger charge is 2.09. The van der Waals surface area contributed by atoms with Gasteiger partial charge in [-0.2, -0.15) is 5.53 Å². The van der Waals surface area contributed by atoms with E-state index in [-0.39, 0.29) is 0 Å². The predicted molar refractivity (Wildman–Crippen MR) is 102 cm³/mol. The number of fused-ring (bicyclic) bond motifs is 3. The van der Waals surface area contributed by atoms with E-state index in [4.69, 9.17) is 15.3 Å². The van der Waals surface area contributed by atoms with E-state index in [0.717, 1.165) is 39.4 Å². The molecule has 0 atom stereocenters. The quantitative estimate of drug-likeness (QED) is 0.315. The number of ether oxygens (including phenoxy) is 1. The van der Waals surface area contributed by atoms with Gasteiger partial charge in [-0.25, -0.2) is 4.98 Å². The maximum atomic E-state index is 6.78. The van der Waals surface area contributed by atoms with Gasteiger partial charge in [0, 0.05) is 18.0 Å². The number of nitrogens with zero attached hydrogens (tertiary/aromatic N) is 4. The molecule has 26 heavy (non-hydrogen) atoms. The molecule has 0 aliphatic carbocycles. The van der Waals surface area contributed by atoms with Crippen molar-refractivity contribution >= 4 is 34.3 Å². The normalized spacial score (nSPS) is 11.3. The van der Waals surface area contributed by atoms with Gasteiger partial charge in [0.25, 0.3) is 0 Å². The fourth-order valence-corrected chi connectivity index (χ4v) is 2.90. The molecule has 2 heterocycles. The average Bonchev–Trinajstić information content (AvgIpc) is 3.17. The molecule has 7 heteroatoms. The fraction of sp³-hybridized carbons (Fsp3) is 0.0526. The summed E-state index contributed by atoms with van der Waals surface area (Å²) in [5.41, 5.74) is 11.3. The topological polar surface area (TPSA) is 87.1 Å².